The molecule has 0 aromatic carbocycles. The van der Waals surface area contributed by atoms with Crippen LogP contribution in [0.2, 0.25) is 0 Å². The summed E-state index contributed by atoms with van der Waals surface area (Å²) in [7, 11) is 0. The fraction of sp³-hybridized carbons (Fsp3) is 0.857. The maximum Gasteiger partial charge on any atom is 0.332 e. The molecule has 66 valence electrons. The number of hydrogen-bond donors (Lipinski definition) is 3. The minimum Gasteiger partial charge on any atom is -0.479 e. The fourth-order valence-corrected chi connectivity index (χ4v) is 0.632. The van der Waals surface area contributed by atoms with E-state index in [2.05, 4.69) is 0 Å². The van der Waals surface area contributed by atoms with Gasteiger partial charge in [0.05, 0.1) is 0 Å². The molecule has 0 bridgehead atoms. The van der Waals surface area contributed by atoms with E-state index in [0.29, 0.717) is 6.42 Å². The molecule has 0 aromatic heterocycles. The van der Waals surface area contributed by atoms with E-state index in [1.54, 1.807) is 13.8 Å². The molecule has 0 aliphatic carbocycles. The van der Waals surface area contributed by atoms with Crippen molar-refractivity contribution < 1.29 is 15.0 Å². The largest absolute Gasteiger partial charge is 0.479 e. The zero-order valence-electron chi connectivity index (χ0n) is 6.87. The van der Waals surface area contributed by atoms with Crippen LogP contribution in [0.15, 0.2) is 0 Å². The Kier molecular flexibility index (Phi) is 3.48. The van der Waals surface area contributed by atoms with Gasteiger partial charge in [0, 0.05) is 5.54 Å². The number of aliphatic hydroxyl groups excluding tert-OH is 1. The van der Waals surface area contributed by atoms with E-state index in [1.165, 1.54) is 0 Å². The maximum absolute atomic E-state index is 10.1. The van der Waals surface area contributed by atoms with Gasteiger partial charge in [0.2, 0.25) is 0 Å². The lowest BCUT2D eigenvalue weighted by Crippen LogP contribution is -2.34. The van der Waals surface area contributed by atoms with Gasteiger partial charge >= 0.3 is 5.97 Å². The molecule has 0 spiro atoms. The van der Waals surface area contributed by atoms with Crippen LogP contribution in [0, 0.1) is 0 Å². The number of aliphatic hydroxyl groups is 1. The van der Waals surface area contributed by atoms with Gasteiger partial charge in [-0.25, -0.2) is 4.79 Å². The van der Waals surface area contributed by atoms with Gasteiger partial charge in [0.1, 0.15) is 0 Å². The van der Waals surface area contributed by atoms with Crippen LogP contribution < -0.4 is 5.73 Å². The van der Waals surface area contributed by atoms with Crippen molar-refractivity contribution in [3.05, 3.63) is 0 Å². The summed E-state index contributed by atoms with van der Waals surface area (Å²) in [4.78, 5) is 10.1. The van der Waals surface area contributed by atoms with Crippen molar-refractivity contribution in [2.45, 2.75) is 38.3 Å². The van der Waals surface area contributed by atoms with Crippen LogP contribution in [0.1, 0.15) is 26.7 Å². The Morgan fingerprint density at radius 3 is 2.36 bits per heavy atom. The third kappa shape index (κ3) is 5.82. The molecule has 4 N–H and O–H groups in total. The number of hydrogen-bond acceptors (Lipinski definition) is 3. The molecule has 4 heteroatoms. The first-order valence-corrected chi connectivity index (χ1v) is 3.53. The second-order valence-electron chi connectivity index (χ2n) is 3.38. The summed E-state index contributed by atoms with van der Waals surface area (Å²) >= 11 is 0. The molecule has 1 atom stereocenters. The van der Waals surface area contributed by atoms with Crippen LogP contribution in [-0.4, -0.2) is 27.8 Å². The lowest BCUT2D eigenvalue weighted by atomic mass is 9.98. The Morgan fingerprint density at radius 1 is 1.64 bits per heavy atom. The van der Waals surface area contributed by atoms with Gasteiger partial charge in [-0.2, -0.15) is 0 Å². The average molecular weight is 161 g/mol. The van der Waals surface area contributed by atoms with Crippen LogP contribution in [0.25, 0.3) is 0 Å². The Bertz CT molecular complexity index is 139. The minimum atomic E-state index is -1.28. The summed E-state index contributed by atoms with van der Waals surface area (Å²) in [5.41, 5.74) is 5.17. The lowest BCUT2D eigenvalue weighted by molar-refractivity contribution is -0.147. The topological polar surface area (TPSA) is 83.5 Å². The predicted molar refractivity (Wildman–Crippen MR) is 41.1 cm³/mol. The molecule has 0 saturated carbocycles. The molecule has 0 amide bonds. The Balaban J connectivity index is 3.63. The van der Waals surface area contributed by atoms with Crippen LogP contribution in [0.4, 0.5) is 0 Å². The average Bonchev–Trinajstić information content (AvgIpc) is 1.80. The third-order valence-corrected chi connectivity index (χ3v) is 1.35. The molecular weight excluding hydrogens is 146 g/mol. The predicted octanol–water partition coefficient (Wildman–Crippen LogP) is -0.0506. The lowest BCUT2D eigenvalue weighted by Gasteiger charge is -2.18. The first kappa shape index (κ1) is 10.4. The van der Waals surface area contributed by atoms with Crippen LogP contribution in [0.3, 0.4) is 0 Å². The maximum atomic E-state index is 10.1. The number of rotatable bonds is 4. The molecule has 0 heterocycles. The van der Waals surface area contributed by atoms with E-state index in [-0.39, 0.29) is 6.42 Å². The van der Waals surface area contributed by atoms with E-state index in [1.807, 2.05) is 0 Å². The highest BCUT2D eigenvalue weighted by atomic mass is 16.4. The Labute approximate surface area is 66.0 Å². The van der Waals surface area contributed by atoms with Crippen LogP contribution >= 0.6 is 0 Å². The minimum absolute atomic E-state index is 0.207. The number of aliphatic carboxylic acids is 1. The molecular formula is C7H15NO3. The highest BCUT2D eigenvalue weighted by molar-refractivity contribution is 5.71. The number of carboxylic acids is 1. The fourth-order valence-electron chi connectivity index (χ4n) is 0.632. The quantitative estimate of drug-likeness (QED) is 0.539. The Hall–Kier alpha value is -0.610. The van der Waals surface area contributed by atoms with Gasteiger partial charge in [-0.1, -0.05) is 0 Å². The van der Waals surface area contributed by atoms with Gasteiger partial charge in [-0.3, -0.25) is 0 Å². The van der Waals surface area contributed by atoms with Gasteiger partial charge in [0.15, 0.2) is 6.10 Å². The smallest absolute Gasteiger partial charge is 0.332 e. The van der Waals surface area contributed by atoms with Crippen LogP contribution in [-0.2, 0) is 4.79 Å². The van der Waals surface area contributed by atoms with Gasteiger partial charge in [-0.15, -0.1) is 0 Å². The van der Waals surface area contributed by atoms with Crippen molar-refractivity contribution in [2.24, 2.45) is 5.73 Å². The van der Waals surface area contributed by atoms with E-state index >= 15 is 0 Å². The summed E-state index contributed by atoms with van der Waals surface area (Å²) in [6, 6.07) is 0. The summed E-state index contributed by atoms with van der Waals surface area (Å²) in [5.74, 6) is -1.19. The molecule has 0 rings (SSSR count). The molecule has 0 fully saturated rings. The second-order valence-corrected chi connectivity index (χ2v) is 3.38. The normalized spacial score (nSPS) is 14.5. The highest BCUT2D eigenvalue weighted by Gasteiger charge is 2.17. The SMILES string of the molecule is CC(C)(N)CCC(O)C(=O)O. The summed E-state index contributed by atoms with van der Waals surface area (Å²) in [5, 5.41) is 17.1. The highest BCUT2D eigenvalue weighted by Crippen LogP contribution is 2.09. The standard InChI is InChI=1S/C7H15NO3/c1-7(2,8)4-3-5(9)6(10)11/h5,9H,3-4,8H2,1-2H3,(H,10,11). The molecule has 1 unspecified atom stereocenters. The summed E-state index contributed by atoms with van der Waals surface area (Å²) in [6.07, 6.45) is -0.572. The monoisotopic (exact) mass is 161 g/mol. The molecule has 11 heavy (non-hydrogen) atoms. The molecule has 0 saturated heterocycles. The summed E-state index contributed by atoms with van der Waals surface area (Å²) < 4.78 is 0. The Morgan fingerprint density at radius 2 is 2.09 bits per heavy atom. The van der Waals surface area contributed by atoms with Crippen LogP contribution in [0.5, 0.6) is 0 Å². The van der Waals surface area contributed by atoms with E-state index in [9.17, 15) is 4.79 Å². The second kappa shape index (κ2) is 3.69. The van der Waals surface area contributed by atoms with Gasteiger partial charge in [0.25, 0.3) is 0 Å². The zero-order valence-corrected chi connectivity index (χ0v) is 6.87. The number of carboxylic acid groups (broad SMARTS) is 1. The van der Waals surface area contributed by atoms with Crippen molar-refractivity contribution in [3.8, 4) is 0 Å². The van der Waals surface area contributed by atoms with Crippen molar-refractivity contribution in [1.29, 1.82) is 0 Å². The van der Waals surface area contributed by atoms with E-state index < -0.39 is 17.6 Å². The van der Waals surface area contributed by atoms with Crippen molar-refractivity contribution in [2.75, 3.05) is 0 Å². The third-order valence-electron chi connectivity index (χ3n) is 1.35. The zero-order chi connectivity index (χ0) is 9.07. The van der Waals surface area contributed by atoms with Crippen molar-refractivity contribution in [1.82, 2.24) is 0 Å². The molecule has 0 aliphatic heterocycles. The molecule has 0 aromatic rings. The molecule has 0 aliphatic rings. The summed E-state index contributed by atoms with van der Waals surface area (Å²) in [6.45, 7) is 3.59. The number of carbonyl (C=O) groups is 1. The van der Waals surface area contributed by atoms with E-state index in [4.69, 9.17) is 15.9 Å². The van der Waals surface area contributed by atoms with Gasteiger partial charge in [-0.05, 0) is 26.7 Å². The van der Waals surface area contributed by atoms with Crippen molar-refractivity contribution >= 4 is 5.97 Å². The first-order chi connectivity index (χ1) is 4.83. The molecule has 4 nitrogen and oxygen atoms in total. The van der Waals surface area contributed by atoms with E-state index in [0.717, 1.165) is 0 Å². The van der Waals surface area contributed by atoms with Crippen molar-refractivity contribution in [3.63, 3.8) is 0 Å². The first-order valence-electron chi connectivity index (χ1n) is 3.53. The molecule has 0 radical (unpaired) electrons. The number of nitrogens with two attached hydrogens (primary N) is 1. The van der Waals surface area contributed by atoms with Gasteiger partial charge < -0.3 is 15.9 Å².